The SMILES string of the molecule is Cc1cc(N2CCC(Nc3ccc(S(=O)(=O)N4CCCC4)cn3)CC2)nc(C)n1. The van der Waals surface area contributed by atoms with Crippen molar-refractivity contribution in [3.63, 3.8) is 0 Å². The zero-order valence-corrected chi connectivity index (χ0v) is 17.8. The fourth-order valence-corrected chi connectivity index (χ4v) is 5.48. The van der Waals surface area contributed by atoms with Gasteiger partial charge in [-0.1, -0.05) is 0 Å². The third-order valence-corrected chi connectivity index (χ3v) is 7.44. The second-order valence-corrected chi connectivity index (χ2v) is 9.75. The molecule has 2 aromatic rings. The van der Waals surface area contributed by atoms with Crippen LogP contribution in [0.4, 0.5) is 11.6 Å². The van der Waals surface area contributed by atoms with E-state index < -0.39 is 10.0 Å². The van der Waals surface area contributed by atoms with E-state index >= 15 is 0 Å². The van der Waals surface area contributed by atoms with Crippen molar-refractivity contribution in [3.05, 3.63) is 35.9 Å². The maximum absolute atomic E-state index is 12.6. The number of hydrogen-bond donors (Lipinski definition) is 1. The second kappa shape index (κ2) is 8.23. The van der Waals surface area contributed by atoms with Gasteiger partial charge in [-0.05, 0) is 51.7 Å². The molecule has 0 aliphatic carbocycles. The Kier molecular flexibility index (Phi) is 5.69. The van der Waals surface area contributed by atoms with E-state index in [2.05, 4.69) is 25.2 Å². The van der Waals surface area contributed by atoms with E-state index in [0.717, 1.165) is 61.9 Å². The number of nitrogens with zero attached hydrogens (tertiary/aromatic N) is 5. The first-order chi connectivity index (χ1) is 13.9. The van der Waals surface area contributed by atoms with E-state index in [1.54, 1.807) is 16.4 Å². The number of anilines is 2. The minimum Gasteiger partial charge on any atom is -0.367 e. The largest absolute Gasteiger partial charge is 0.367 e. The number of nitrogens with one attached hydrogen (secondary N) is 1. The first kappa shape index (κ1) is 20.0. The number of aryl methyl sites for hydroxylation is 2. The lowest BCUT2D eigenvalue weighted by molar-refractivity contribution is 0.477. The Morgan fingerprint density at radius 1 is 1.03 bits per heavy atom. The normalized spacial score (nSPS) is 18.9. The predicted octanol–water partition coefficient (Wildman–Crippen LogP) is 2.35. The van der Waals surface area contributed by atoms with Crippen molar-refractivity contribution in [1.29, 1.82) is 0 Å². The fourth-order valence-electron chi connectivity index (χ4n) is 4.02. The maximum Gasteiger partial charge on any atom is 0.244 e. The van der Waals surface area contributed by atoms with Gasteiger partial charge in [0.05, 0.1) is 0 Å². The average molecular weight is 417 g/mol. The second-order valence-electron chi connectivity index (χ2n) is 7.81. The summed E-state index contributed by atoms with van der Waals surface area (Å²) in [6.07, 6.45) is 5.27. The number of sulfonamides is 1. The van der Waals surface area contributed by atoms with E-state index in [4.69, 9.17) is 0 Å². The Balaban J connectivity index is 1.35. The van der Waals surface area contributed by atoms with Gasteiger partial charge in [-0.3, -0.25) is 0 Å². The molecule has 0 radical (unpaired) electrons. The van der Waals surface area contributed by atoms with Crippen molar-refractivity contribution >= 4 is 21.7 Å². The molecule has 29 heavy (non-hydrogen) atoms. The van der Waals surface area contributed by atoms with Gasteiger partial charge in [-0.25, -0.2) is 23.4 Å². The summed E-state index contributed by atoms with van der Waals surface area (Å²) in [5.74, 6) is 2.51. The first-order valence-electron chi connectivity index (χ1n) is 10.2. The summed E-state index contributed by atoms with van der Waals surface area (Å²) in [5, 5.41) is 3.44. The van der Waals surface area contributed by atoms with Crippen LogP contribution in [0.15, 0.2) is 29.3 Å². The van der Waals surface area contributed by atoms with E-state index in [1.807, 2.05) is 19.9 Å². The number of hydrogen-bond acceptors (Lipinski definition) is 7. The summed E-state index contributed by atoms with van der Waals surface area (Å²) in [5.41, 5.74) is 0.987. The van der Waals surface area contributed by atoms with Gasteiger partial charge in [0.1, 0.15) is 22.4 Å². The number of piperidine rings is 1. The lowest BCUT2D eigenvalue weighted by atomic mass is 10.0. The molecule has 0 aromatic carbocycles. The van der Waals surface area contributed by atoms with Gasteiger partial charge in [-0.2, -0.15) is 4.31 Å². The first-order valence-corrected chi connectivity index (χ1v) is 11.7. The van der Waals surface area contributed by atoms with Gasteiger partial charge in [0.2, 0.25) is 10.0 Å². The molecule has 2 aromatic heterocycles. The Hall–Kier alpha value is -2.26. The van der Waals surface area contributed by atoms with Crippen molar-refractivity contribution < 1.29 is 8.42 Å². The molecule has 4 heterocycles. The molecular weight excluding hydrogens is 388 g/mol. The minimum atomic E-state index is -3.41. The van der Waals surface area contributed by atoms with Crippen LogP contribution in [-0.4, -0.2) is 59.9 Å². The van der Waals surface area contributed by atoms with Gasteiger partial charge >= 0.3 is 0 Å². The van der Waals surface area contributed by atoms with Crippen molar-refractivity contribution in [3.8, 4) is 0 Å². The molecule has 2 aliphatic heterocycles. The molecule has 0 bridgehead atoms. The van der Waals surface area contributed by atoms with Crippen molar-refractivity contribution in [2.75, 3.05) is 36.4 Å². The van der Waals surface area contributed by atoms with Gasteiger partial charge in [0, 0.05) is 50.2 Å². The molecule has 156 valence electrons. The topological polar surface area (TPSA) is 91.3 Å². The molecule has 8 nitrogen and oxygen atoms in total. The molecule has 0 amide bonds. The fraction of sp³-hybridized carbons (Fsp3) is 0.550. The van der Waals surface area contributed by atoms with Gasteiger partial charge in [0.25, 0.3) is 0 Å². The molecule has 4 rings (SSSR count). The number of pyridine rings is 1. The zero-order valence-electron chi connectivity index (χ0n) is 17.0. The standard InChI is InChI=1S/C20H28N6O2S/c1-15-13-20(23-16(2)22-15)25-11-7-17(8-12-25)24-19-6-5-18(14-21-19)29(27,28)26-9-3-4-10-26/h5-6,13-14,17H,3-4,7-12H2,1-2H3,(H,21,24). The molecule has 0 unspecified atom stereocenters. The quantitative estimate of drug-likeness (QED) is 0.800. The average Bonchev–Trinajstić information content (AvgIpc) is 3.24. The highest BCUT2D eigenvalue weighted by atomic mass is 32.2. The van der Waals surface area contributed by atoms with Crippen LogP contribution in [-0.2, 0) is 10.0 Å². The summed E-state index contributed by atoms with van der Waals surface area (Å²) >= 11 is 0. The minimum absolute atomic E-state index is 0.272. The monoisotopic (exact) mass is 416 g/mol. The predicted molar refractivity (Wildman–Crippen MR) is 113 cm³/mol. The third-order valence-electron chi connectivity index (χ3n) is 5.56. The summed E-state index contributed by atoms with van der Waals surface area (Å²) in [6, 6.07) is 5.77. The van der Waals surface area contributed by atoms with Crippen LogP contribution in [0.25, 0.3) is 0 Å². The summed E-state index contributed by atoms with van der Waals surface area (Å²) in [4.78, 5) is 15.8. The van der Waals surface area contributed by atoms with Crippen LogP contribution in [0.5, 0.6) is 0 Å². The molecular formula is C20H28N6O2S. The Labute approximate surface area is 172 Å². The molecule has 9 heteroatoms. The lowest BCUT2D eigenvalue weighted by Gasteiger charge is -2.33. The van der Waals surface area contributed by atoms with Crippen molar-refractivity contribution in [1.82, 2.24) is 19.3 Å². The van der Waals surface area contributed by atoms with E-state index in [-0.39, 0.29) is 4.90 Å². The highest BCUT2D eigenvalue weighted by molar-refractivity contribution is 7.89. The summed E-state index contributed by atoms with van der Waals surface area (Å²) in [6.45, 7) is 6.94. The molecule has 0 saturated carbocycles. The third kappa shape index (κ3) is 4.51. The van der Waals surface area contributed by atoms with Crippen LogP contribution < -0.4 is 10.2 Å². The molecule has 2 fully saturated rings. The van der Waals surface area contributed by atoms with Crippen molar-refractivity contribution in [2.24, 2.45) is 0 Å². The van der Waals surface area contributed by atoms with Crippen LogP contribution in [0.3, 0.4) is 0 Å². The highest BCUT2D eigenvalue weighted by Crippen LogP contribution is 2.23. The summed E-state index contributed by atoms with van der Waals surface area (Å²) < 4.78 is 26.8. The van der Waals surface area contributed by atoms with E-state index in [9.17, 15) is 8.42 Å². The van der Waals surface area contributed by atoms with Crippen LogP contribution in [0.2, 0.25) is 0 Å². The Morgan fingerprint density at radius 2 is 1.76 bits per heavy atom. The van der Waals surface area contributed by atoms with Gasteiger partial charge in [-0.15, -0.1) is 0 Å². The van der Waals surface area contributed by atoms with E-state index in [0.29, 0.717) is 19.1 Å². The maximum atomic E-state index is 12.6. The van der Waals surface area contributed by atoms with Gasteiger partial charge in [0.15, 0.2) is 0 Å². The molecule has 0 atom stereocenters. The Bertz CT molecular complexity index is 929. The zero-order chi connectivity index (χ0) is 20.4. The molecule has 2 aliphatic rings. The molecule has 1 N–H and O–H groups in total. The number of aromatic nitrogens is 3. The Morgan fingerprint density at radius 3 is 2.38 bits per heavy atom. The van der Waals surface area contributed by atoms with E-state index in [1.165, 1.54) is 6.20 Å². The smallest absolute Gasteiger partial charge is 0.244 e. The number of rotatable bonds is 5. The summed E-state index contributed by atoms with van der Waals surface area (Å²) in [7, 11) is -3.41. The van der Waals surface area contributed by atoms with Crippen molar-refractivity contribution in [2.45, 2.75) is 50.5 Å². The van der Waals surface area contributed by atoms with Gasteiger partial charge < -0.3 is 10.2 Å². The highest BCUT2D eigenvalue weighted by Gasteiger charge is 2.27. The molecule has 2 saturated heterocycles. The molecule has 0 spiro atoms. The van der Waals surface area contributed by atoms with Crippen LogP contribution >= 0.6 is 0 Å². The van der Waals surface area contributed by atoms with Crippen LogP contribution in [0, 0.1) is 13.8 Å². The van der Waals surface area contributed by atoms with Crippen LogP contribution in [0.1, 0.15) is 37.2 Å². The lowest BCUT2D eigenvalue weighted by Crippen LogP contribution is -2.39.